The lowest BCUT2D eigenvalue weighted by Crippen LogP contribution is -2.22. The van der Waals surface area contributed by atoms with Crippen LogP contribution in [0.15, 0.2) is 53.4 Å². The van der Waals surface area contributed by atoms with E-state index in [0.29, 0.717) is 21.0 Å². The number of hydrogen-bond acceptors (Lipinski definition) is 7. The van der Waals surface area contributed by atoms with Crippen molar-refractivity contribution in [1.82, 2.24) is 9.97 Å². The first-order valence-corrected chi connectivity index (χ1v) is 12.2. The number of carboxylic acid groups (broad SMARTS) is 1. The van der Waals surface area contributed by atoms with Crippen LogP contribution in [0.4, 0.5) is 24.0 Å². The lowest BCUT2D eigenvalue weighted by atomic mass is 9.92. The van der Waals surface area contributed by atoms with Gasteiger partial charge in [-0.1, -0.05) is 29.5 Å². The number of halogens is 3. The summed E-state index contributed by atoms with van der Waals surface area (Å²) in [5.41, 5.74) is 1.84. The van der Waals surface area contributed by atoms with Crippen molar-refractivity contribution in [3.63, 3.8) is 0 Å². The second-order valence-corrected chi connectivity index (χ2v) is 9.38. The van der Waals surface area contributed by atoms with Gasteiger partial charge in [-0.05, 0) is 36.2 Å². The van der Waals surface area contributed by atoms with Gasteiger partial charge in [0.15, 0.2) is 5.13 Å². The monoisotopic (exact) mass is 534 g/mol. The predicted octanol–water partition coefficient (Wildman–Crippen LogP) is 5.61. The highest BCUT2D eigenvalue weighted by Gasteiger charge is 2.32. The maximum Gasteiger partial charge on any atom is 0.416 e. The first-order chi connectivity index (χ1) is 17.1. The van der Waals surface area contributed by atoms with E-state index in [9.17, 15) is 27.6 Å². The van der Waals surface area contributed by atoms with Crippen LogP contribution < -0.4 is 10.6 Å². The summed E-state index contributed by atoms with van der Waals surface area (Å²) in [6, 6.07) is 9.09. The number of amides is 2. The smallest absolute Gasteiger partial charge is 0.416 e. The van der Waals surface area contributed by atoms with Crippen LogP contribution in [0.3, 0.4) is 0 Å². The molecule has 2 aromatic carbocycles. The van der Waals surface area contributed by atoms with Crippen molar-refractivity contribution in [2.24, 2.45) is 0 Å². The van der Waals surface area contributed by atoms with E-state index in [2.05, 4.69) is 20.6 Å². The molecule has 4 aromatic rings. The third-order valence-corrected chi connectivity index (χ3v) is 6.64. The van der Waals surface area contributed by atoms with Crippen LogP contribution in [0.2, 0.25) is 0 Å². The predicted molar refractivity (Wildman–Crippen MR) is 129 cm³/mol. The highest BCUT2D eigenvalue weighted by Crippen LogP contribution is 2.33. The maximum atomic E-state index is 13.2. The highest BCUT2D eigenvalue weighted by atomic mass is 32.1. The number of fused-ring (bicyclic) bond motifs is 1. The van der Waals surface area contributed by atoms with Crippen molar-refractivity contribution in [3.8, 4) is 0 Å². The summed E-state index contributed by atoms with van der Waals surface area (Å²) in [6.07, 6.45) is -5.18. The van der Waals surface area contributed by atoms with Crippen LogP contribution in [0.25, 0.3) is 10.2 Å². The van der Waals surface area contributed by atoms with Crippen molar-refractivity contribution in [2.45, 2.75) is 24.9 Å². The first-order valence-electron chi connectivity index (χ1n) is 10.4. The van der Waals surface area contributed by atoms with Gasteiger partial charge in [-0.3, -0.25) is 19.7 Å². The van der Waals surface area contributed by atoms with E-state index in [1.54, 1.807) is 23.6 Å². The average Bonchev–Trinajstić information content (AvgIpc) is 3.48. The molecule has 0 saturated heterocycles. The minimum atomic E-state index is -4.60. The number of alkyl halides is 3. The molecule has 36 heavy (non-hydrogen) atoms. The minimum absolute atomic E-state index is 0.0643. The Labute approximate surface area is 209 Å². The van der Waals surface area contributed by atoms with E-state index in [1.807, 2.05) is 0 Å². The maximum absolute atomic E-state index is 13.2. The van der Waals surface area contributed by atoms with Crippen molar-refractivity contribution in [1.29, 1.82) is 0 Å². The van der Waals surface area contributed by atoms with Gasteiger partial charge in [0.1, 0.15) is 5.69 Å². The number of aliphatic carboxylic acids is 1. The lowest BCUT2D eigenvalue weighted by molar-refractivity contribution is -0.138. The first kappa shape index (κ1) is 25.3. The number of carbonyl (C=O) groups excluding carboxylic acids is 2. The van der Waals surface area contributed by atoms with E-state index in [-0.39, 0.29) is 17.7 Å². The van der Waals surface area contributed by atoms with Crippen LogP contribution >= 0.6 is 22.7 Å². The molecule has 2 aromatic heterocycles. The van der Waals surface area contributed by atoms with Crippen LogP contribution in [-0.2, 0) is 15.8 Å². The van der Waals surface area contributed by atoms with Crippen molar-refractivity contribution in [2.75, 3.05) is 10.6 Å². The van der Waals surface area contributed by atoms with Gasteiger partial charge >= 0.3 is 12.1 Å². The molecule has 4 rings (SSSR count). The number of benzene rings is 2. The number of anilines is 2. The molecule has 8 nitrogen and oxygen atoms in total. The number of carboxylic acids is 1. The van der Waals surface area contributed by atoms with Crippen molar-refractivity contribution < 1.29 is 32.7 Å². The summed E-state index contributed by atoms with van der Waals surface area (Å²) in [5.74, 6) is -3.34. The molecule has 1 unspecified atom stereocenters. The molecule has 1 atom stereocenters. The van der Waals surface area contributed by atoms with Gasteiger partial charge in [0.2, 0.25) is 5.91 Å². The van der Waals surface area contributed by atoms with Crippen LogP contribution in [0.1, 0.15) is 40.4 Å². The molecule has 0 radical (unpaired) electrons. The zero-order chi connectivity index (χ0) is 25.9. The van der Waals surface area contributed by atoms with Gasteiger partial charge in [0.05, 0.1) is 27.2 Å². The number of thiazole rings is 2. The molecule has 13 heteroatoms. The normalized spacial score (nSPS) is 12.3. The van der Waals surface area contributed by atoms with Crippen molar-refractivity contribution >= 4 is 61.5 Å². The molecule has 2 heterocycles. The number of nitrogens with zero attached hydrogens (tertiary/aromatic N) is 2. The van der Waals surface area contributed by atoms with Gasteiger partial charge in [0, 0.05) is 17.5 Å². The minimum Gasteiger partial charge on any atom is -0.481 e. The van der Waals surface area contributed by atoms with E-state index in [4.69, 9.17) is 5.11 Å². The second kappa shape index (κ2) is 10.4. The molecule has 3 N–H and O–H groups in total. The van der Waals surface area contributed by atoms with Crippen LogP contribution in [0.5, 0.6) is 0 Å². The summed E-state index contributed by atoms with van der Waals surface area (Å²) >= 11 is 2.45. The standard InChI is InChI=1S/C23H17F3N4O4S2/c24-23(25,26)13-3-1-2-12(8-13)15(5-7-19(31)32)20(33)28-14-4-6-16-18(9-14)36-22(29-16)30-21(34)17-10-35-11-27-17/h1-4,6,8-11,15H,5,7H2,(H,28,33)(H,31,32)(H,29,30,34). The molecule has 0 aliphatic heterocycles. The molecular formula is C23H17F3N4O4S2. The Kier molecular flexibility index (Phi) is 7.31. The van der Waals surface area contributed by atoms with Crippen LogP contribution in [0, 0.1) is 0 Å². The summed E-state index contributed by atoms with van der Waals surface area (Å²) in [7, 11) is 0. The number of rotatable bonds is 8. The second-order valence-electron chi connectivity index (χ2n) is 7.63. The number of nitrogens with one attached hydrogen (secondary N) is 2. The largest absolute Gasteiger partial charge is 0.481 e. The Balaban J connectivity index is 1.54. The quantitative estimate of drug-likeness (QED) is 0.270. The van der Waals surface area contributed by atoms with E-state index in [0.717, 1.165) is 12.1 Å². The highest BCUT2D eigenvalue weighted by molar-refractivity contribution is 7.22. The molecule has 0 bridgehead atoms. The van der Waals surface area contributed by atoms with Gasteiger partial charge < -0.3 is 10.4 Å². The third kappa shape index (κ3) is 6.04. The average molecular weight is 535 g/mol. The fraction of sp³-hybridized carbons (Fsp3) is 0.174. The van der Waals surface area contributed by atoms with Gasteiger partial charge in [-0.2, -0.15) is 13.2 Å². The summed E-state index contributed by atoms with van der Waals surface area (Å²) < 4.78 is 40.2. The molecule has 0 aliphatic rings. The van der Waals surface area contributed by atoms with Crippen LogP contribution in [-0.4, -0.2) is 32.9 Å². The Morgan fingerprint density at radius 1 is 1.08 bits per heavy atom. The molecular weight excluding hydrogens is 517 g/mol. The topological polar surface area (TPSA) is 121 Å². The Bertz CT molecular complexity index is 1420. The lowest BCUT2D eigenvalue weighted by Gasteiger charge is -2.18. The Morgan fingerprint density at radius 2 is 1.89 bits per heavy atom. The van der Waals surface area contributed by atoms with E-state index < -0.39 is 41.9 Å². The summed E-state index contributed by atoms with van der Waals surface area (Å²) in [6.45, 7) is 0. The van der Waals surface area contributed by atoms with Gasteiger partial charge in [-0.25, -0.2) is 9.97 Å². The number of carbonyl (C=O) groups is 3. The van der Waals surface area contributed by atoms with Gasteiger partial charge in [0.25, 0.3) is 5.91 Å². The SMILES string of the molecule is O=C(O)CCC(C(=O)Nc1ccc2nc(NC(=O)c3cscn3)sc2c1)c1cccc(C(F)(F)F)c1. The zero-order valence-electron chi connectivity index (χ0n) is 18.2. The number of aromatic nitrogens is 2. The fourth-order valence-electron chi connectivity index (χ4n) is 3.42. The summed E-state index contributed by atoms with van der Waals surface area (Å²) in [5, 5.41) is 16.3. The third-order valence-electron chi connectivity index (χ3n) is 5.12. The number of hydrogen-bond donors (Lipinski definition) is 3. The fourth-order valence-corrected chi connectivity index (χ4v) is 4.85. The van der Waals surface area contributed by atoms with E-state index in [1.165, 1.54) is 40.3 Å². The van der Waals surface area contributed by atoms with Crippen molar-refractivity contribution in [3.05, 3.63) is 70.2 Å². The zero-order valence-corrected chi connectivity index (χ0v) is 19.8. The van der Waals surface area contributed by atoms with Gasteiger partial charge in [-0.15, -0.1) is 11.3 Å². The molecule has 0 aliphatic carbocycles. The Hall–Kier alpha value is -3.84. The molecule has 2 amide bonds. The van der Waals surface area contributed by atoms with E-state index >= 15 is 0 Å². The molecule has 0 spiro atoms. The summed E-state index contributed by atoms with van der Waals surface area (Å²) in [4.78, 5) is 44.6. The molecule has 186 valence electrons. The molecule has 0 fully saturated rings. The Morgan fingerprint density at radius 3 is 2.58 bits per heavy atom. The molecule has 0 saturated carbocycles.